The van der Waals surface area contributed by atoms with E-state index in [9.17, 15) is 9.59 Å². The van der Waals surface area contributed by atoms with E-state index in [4.69, 9.17) is 18.9 Å². The Hall–Kier alpha value is -2.12. The van der Waals surface area contributed by atoms with Crippen LogP contribution < -0.4 is 0 Å². The van der Waals surface area contributed by atoms with Gasteiger partial charge in [-0.3, -0.25) is 4.90 Å². The van der Waals surface area contributed by atoms with Crippen LogP contribution in [-0.4, -0.2) is 61.6 Å². The standard InChI is InChI=1S/C22H33NO6/c1-22(2,3)29-21(25)23-15-18(14-19(23)20(24)26-4)28-13-9-8-12-27-16-17-10-6-5-7-11-17/h5-7,10-11,18-19H,8-9,12-16H2,1-4H3. The Kier molecular flexibility index (Phi) is 8.92. The van der Waals surface area contributed by atoms with Crippen molar-refractivity contribution in [3.63, 3.8) is 0 Å². The van der Waals surface area contributed by atoms with E-state index in [0.29, 0.717) is 32.8 Å². The van der Waals surface area contributed by atoms with Gasteiger partial charge in [-0.05, 0) is 39.2 Å². The molecule has 7 heteroatoms. The van der Waals surface area contributed by atoms with Crippen molar-refractivity contribution in [2.75, 3.05) is 26.9 Å². The van der Waals surface area contributed by atoms with Crippen molar-refractivity contribution in [3.8, 4) is 0 Å². The lowest BCUT2D eigenvalue weighted by Crippen LogP contribution is -2.44. The highest BCUT2D eigenvalue weighted by Gasteiger charge is 2.42. The van der Waals surface area contributed by atoms with Gasteiger partial charge in [0.05, 0.1) is 26.4 Å². The fourth-order valence-corrected chi connectivity index (χ4v) is 3.12. The van der Waals surface area contributed by atoms with Crippen LogP contribution in [0.2, 0.25) is 0 Å². The molecule has 1 aliphatic rings. The first-order chi connectivity index (χ1) is 13.8. The normalized spacial score (nSPS) is 19.2. The molecule has 1 aromatic carbocycles. The summed E-state index contributed by atoms with van der Waals surface area (Å²) in [5.41, 5.74) is 0.530. The van der Waals surface area contributed by atoms with Crippen LogP contribution in [0, 0.1) is 0 Å². The molecule has 0 aromatic heterocycles. The molecule has 162 valence electrons. The third kappa shape index (κ3) is 8.03. The van der Waals surface area contributed by atoms with Gasteiger partial charge in [-0.25, -0.2) is 9.59 Å². The smallest absolute Gasteiger partial charge is 0.411 e. The topological polar surface area (TPSA) is 74.3 Å². The first-order valence-electron chi connectivity index (χ1n) is 10.1. The Morgan fingerprint density at radius 2 is 1.79 bits per heavy atom. The second-order valence-corrected chi connectivity index (χ2v) is 8.15. The van der Waals surface area contributed by atoms with E-state index in [2.05, 4.69) is 0 Å². The maximum Gasteiger partial charge on any atom is 0.411 e. The summed E-state index contributed by atoms with van der Waals surface area (Å²) in [6.45, 7) is 7.52. The number of hydrogen-bond donors (Lipinski definition) is 0. The molecule has 1 amide bonds. The number of amides is 1. The van der Waals surface area contributed by atoms with Crippen molar-refractivity contribution in [2.45, 2.75) is 64.4 Å². The molecule has 1 fully saturated rings. The van der Waals surface area contributed by atoms with Crippen LogP contribution in [0.1, 0.15) is 45.6 Å². The van der Waals surface area contributed by atoms with E-state index in [-0.39, 0.29) is 6.10 Å². The number of carbonyl (C=O) groups is 2. The van der Waals surface area contributed by atoms with E-state index >= 15 is 0 Å². The van der Waals surface area contributed by atoms with Crippen LogP contribution in [0.25, 0.3) is 0 Å². The molecule has 0 radical (unpaired) electrons. The molecule has 2 unspecified atom stereocenters. The molecule has 0 aliphatic carbocycles. The van der Waals surface area contributed by atoms with Crippen molar-refractivity contribution in [2.24, 2.45) is 0 Å². The van der Waals surface area contributed by atoms with Gasteiger partial charge in [-0.15, -0.1) is 0 Å². The number of unbranched alkanes of at least 4 members (excludes halogenated alkanes) is 1. The van der Waals surface area contributed by atoms with Gasteiger partial charge in [0.1, 0.15) is 11.6 Å². The van der Waals surface area contributed by atoms with Gasteiger partial charge in [0.25, 0.3) is 0 Å². The summed E-state index contributed by atoms with van der Waals surface area (Å²) in [7, 11) is 1.32. The van der Waals surface area contributed by atoms with Crippen molar-refractivity contribution in [1.29, 1.82) is 0 Å². The molecule has 7 nitrogen and oxygen atoms in total. The van der Waals surface area contributed by atoms with E-state index in [0.717, 1.165) is 18.4 Å². The number of nitrogens with zero attached hydrogens (tertiary/aromatic N) is 1. The summed E-state index contributed by atoms with van der Waals surface area (Å²) in [5, 5.41) is 0. The molecule has 1 heterocycles. The molecule has 29 heavy (non-hydrogen) atoms. The molecule has 1 aromatic rings. The molecule has 0 N–H and O–H groups in total. The maximum absolute atomic E-state index is 12.4. The van der Waals surface area contributed by atoms with Gasteiger partial charge in [0.15, 0.2) is 0 Å². The van der Waals surface area contributed by atoms with Crippen molar-refractivity contribution in [3.05, 3.63) is 35.9 Å². The Labute approximate surface area is 173 Å². The lowest BCUT2D eigenvalue weighted by Gasteiger charge is -2.27. The van der Waals surface area contributed by atoms with Crippen LogP contribution in [0.5, 0.6) is 0 Å². The number of benzene rings is 1. The zero-order valence-electron chi connectivity index (χ0n) is 17.9. The number of rotatable bonds is 9. The van der Waals surface area contributed by atoms with Crippen LogP contribution >= 0.6 is 0 Å². The predicted octanol–water partition coefficient (Wildman–Crippen LogP) is 3.55. The fraction of sp³-hybridized carbons (Fsp3) is 0.636. The zero-order valence-corrected chi connectivity index (χ0v) is 17.9. The van der Waals surface area contributed by atoms with E-state index < -0.39 is 23.7 Å². The first-order valence-corrected chi connectivity index (χ1v) is 10.1. The molecule has 0 saturated carbocycles. The van der Waals surface area contributed by atoms with Crippen molar-refractivity contribution in [1.82, 2.24) is 4.90 Å². The number of hydrogen-bond acceptors (Lipinski definition) is 6. The minimum atomic E-state index is -0.672. The Bertz CT molecular complexity index is 642. The summed E-state index contributed by atoms with van der Waals surface area (Å²) >= 11 is 0. The number of esters is 1. The van der Waals surface area contributed by atoms with Crippen molar-refractivity contribution < 1.29 is 28.5 Å². The van der Waals surface area contributed by atoms with E-state index in [1.54, 1.807) is 20.8 Å². The number of likely N-dealkylation sites (tertiary alicyclic amines) is 1. The Morgan fingerprint density at radius 1 is 1.10 bits per heavy atom. The highest BCUT2D eigenvalue weighted by molar-refractivity contribution is 5.82. The summed E-state index contributed by atoms with van der Waals surface area (Å²) in [6, 6.07) is 9.38. The zero-order chi connectivity index (χ0) is 21.3. The molecule has 2 atom stereocenters. The monoisotopic (exact) mass is 407 g/mol. The second-order valence-electron chi connectivity index (χ2n) is 8.15. The Morgan fingerprint density at radius 3 is 2.45 bits per heavy atom. The highest BCUT2D eigenvalue weighted by atomic mass is 16.6. The van der Waals surface area contributed by atoms with Crippen LogP contribution in [0.4, 0.5) is 4.79 Å². The molecular weight excluding hydrogens is 374 g/mol. The first kappa shape index (κ1) is 23.2. The summed E-state index contributed by atoms with van der Waals surface area (Å²) in [4.78, 5) is 25.9. The van der Waals surface area contributed by atoms with Gasteiger partial charge in [0, 0.05) is 19.6 Å². The molecule has 1 aliphatic heterocycles. The summed E-state index contributed by atoms with van der Waals surface area (Å²) < 4.78 is 21.8. The maximum atomic E-state index is 12.4. The third-order valence-corrected chi connectivity index (χ3v) is 4.51. The number of ether oxygens (including phenoxy) is 4. The second kappa shape index (κ2) is 11.2. The average Bonchev–Trinajstić information content (AvgIpc) is 3.10. The minimum Gasteiger partial charge on any atom is -0.467 e. The van der Waals surface area contributed by atoms with Crippen LogP contribution in [0.3, 0.4) is 0 Å². The molecule has 0 spiro atoms. The number of methoxy groups -OCH3 is 1. The van der Waals surface area contributed by atoms with Crippen LogP contribution in [-0.2, 0) is 30.3 Å². The van der Waals surface area contributed by atoms with Gasteiger partial charge < -0.3 is 18.9 Å². The van der Waals surface area contributed by atoms with Gasteiger partial charge in [-0.2, -0.15) is 0 Å². The summed E-state index contributed by atoms with van der Waals surface area (Å²) in [5.74, 6) is -0.448. The van der Waals surface area contributed by atoms with Gasteiger partial charge >= 0.3 is 12.1 Å². The average molecular weight is 408 g/mol. The third-order valence-electron chi connectivity index (χ3n) is 4.51. The molecular formula is C22H33NO6. The number of carbonyl (C=O) groups excluding carboxylic acids is 2. The molecule has 0 bridgehead atoms. The quantitative estimate of drug-likeness (QED) is 0.460. The van der Waals surface area contributed by atoms with Gasteiger partial charge in [-0.1, -0.05) is 30.3 Å². The SMILES string of the molecule is COC(=O)C1CC(OCCCCOCc2ccccc2)CN1C(=O)OC(C)(C)C. The predicted molar refractivity (Wildman–Crippen MR) is 108 cm³/mol. The van der Waals surface area contributed by atoms with Crippen LogP contribution in [0.15, 0.2) is 30.3 Å². The molecule has 1 saturated heterocycles. The lowest BCUT2D eigenvalue weighted by atomic mass is 10.2. The molecule has 2 rings (SSSR count). The van der Waals surface area contributed by atoms with E-state index in [1.165, 1.54) is 12.0 Å². The lowest BCUT2D eigenvalue weighted by molar-refractivity contribution is -0.145. The van der Waals surface area contributed by atoms with Crippen molar-refractivity contribution >= 4 is 12.1 Å². The van der Waals surface area contributed by atoms with Gasteiger partial charge in [0.2, 0.25) is 0 Å². The summed E-state index contributed by atoms with van der Waals surface area (Å²) in [6.07, 6.45) is 1.41. The highest BCUT2D eigenvalue weighted by Crippen LogP contribution is 2.24. The van der Waals surface area contributed by atoms with E-state index in [1.807, 2.05) is 30.3 Å². The largest absolute Gasteiger partial charge is 0.467 e. The fourth-order valence-electron chi connectivity index (χ4n) is 3.12. The minimum absolute atomic E-state index is 0.211. The Balaban J connectivity index is 1.69.